The van der Waals surface area contributed by atoms with Crippen LogP contribution >= 0.6 is 11.6 Å². The molecule has 0 amide bonds. The van der Waals surface area contributed by atoms with Crippen LogP contribution in [-0.2, 0) is 6.42 Å². The first-order valence-electron chi connectivity index (χ1n) is 6.03. The lowest BCUT2D eigenvalue weighted by Gasteiger charge is -2.23. The molecule has 0 saturated heterocycles. The number of rotatable bonds is 1. The molecule has 1 aliphatic rings. The molecule has 0 aliphatic heterocycles. The van der Waals surface area contributed by atoms with E-state index in [0.717, 1.165) is 11.3 Å². The molecule has 0 unspecified atom stereocenters. The van der Waals surface area contributed by atoms with Gasteiger partial charge in [0, 0.05) is 17.6 Å². The molecule has 0 spiro atoms. The number of carbonyl (C=O) groups is 1. The van der Waals surface area contributed by atoms with Crippen molar-refractivity contribution in [2.45, 2.75) is 18.8 Å². The quantitative estimate of drug-likeness (QED) is 0.867. The molecule has 0 radical (unpaired) electrons. The van der Waals surface area contributed by atoms with Crippen molar-refractivity contribution in [3.8, 4) is 0 Å². The van der Waals surface area contributed by atoms with Crippen molar-refractivity contribution in [2.24, 2.45) is 0 Å². The fourth-order valence-corrected chi connectivity index (χ4v) is 2.66. The van der Waals surface area contributed by atoms with E-state index in [1.54, 1.807) is 0 Å². The number of nitrogens with zero attached hydrogens (tertiary/aromatic N) is 2. The third-order valence-electron chi connectivity index (χ3n) is 3.38. The molecule has 2 aromatic rings. The average Bonchev–Trinajstić information content (AvgIpc) is 2.38. The fourth-order valence-electron chi connectivity index (χ4n) is 2.46. The molecule has 1 aliphatic carbocycles. The fraction of sp³-hybridized carbons (Fsp3) is 0.214. The largest absolute Gasteiger partial charge is 0.368 e. The van der Waals surface area contributed by atoms with E-state index < -0.39 is 0 Å². The number of carbonyl (C=O) groups excluding carboxylic acids is 1. The summed E-state index contributed by atoms with van der Waals surface area (Å²) in [5.74, 6) is 0.373. The van der Waals surface area contributed by atoms with Gasteiger partial charge < -0.3 is 5.73 Å². The van der Waals surface area contributed by atoms with Crippen LogP contribution in [0.15, 0.2) is 30.5 Å². The number of benzene rings is 1. The van der Waals surface area contributed by atoms with E-state index in [4.69, 9.17) is 17.3 Å². The van der Waals surface area contributed by atoms with Crippen molar-refractivity contribution < 1.29 is 4.79 Å². The minimum Gasteiger partial charge on any atom is -0.368 e. The zero-order valence-electron chi connectivity index (χ0n) is 10.1. The lowest BCUT2D eigenvalue weighted by Crippen LogP contribution is -2.21. The van der Waals surface area contributed by atoms with Crippen LogP contribution in [-0.4, -0.2) is 15.8 Å². The van der Waals surface area contributed by atoms with Gasteiger partial charge in [0.2, 0.25) is 5.95 Å². The predicted octanol–water partition coefficient (Wildman–Crippen LogP) is 2.62. The molecule has 96 valence electrons. The molecule has 19 heavy (non-hydrogen) atoms. The van der Waals surface area contributed by atoms with Gasteiger partial charge in [0.05, 0.1) is 11.3 Å². The van der Waals surface area contributed by atoms with E-state index in [0.29, 0.717) is 23.4 Å². The third-order valence-corrected chi connectivity index (χ3v) is 3.61. The Morgan fingerprint density at radius 2 is 2.16 bits per heavy atom. The number of hydrogen-bond acceptors (Lipinski definition) is 4. The zero-order chi connectivity index (χ0) is 13.4. The second-order valence-electron chi connectivity index (χ2n) is 4.67. The Hall–Kier alpha value is -1.94. The summed E-state index contributed by atoms with van der Waals surface area (Å²) < 4.78 is 0. The van der Waals surface area contributed by atoms with Gasteiger partial charge in [-0.15, -0.1) is 0 Å². The highest BCUT2D eigenvalue weighted by atomic mass is 35.5. The molecule has 0 bridgehead atoms. The molecular weight excluding hydrogens is 262 g/mol. The maximum absolute atomic E-state index is 12.1. The van der Waals surface area contributed by atoms with E-state index in [2.05, 4.69) is 9.97 Å². The molecular formula is C14H12ClN3O. The van der Waals surface area contributed by atoms with Crippen LogP contribution in [0.2, 0.25) is 5.02 Å². The molecule has 4 nitrogen and oxygen atoms in total. The highest BCUT2D eigenvalue weighted by molar-refractivity contribution is 6.30. The number of Topliss-reactive ketones (excluding diaryl/α,β-unsaturated/α-hetero) is 1. The first-order valence-corrected chi connectivity index (χ1v) is 6.41. The highest BCUT2D eigenvalue weighted by Crippen LogP contribution is 2.32. The Bertz CT molecular complexity index is 657. The monoisotopic (exact) mass is 273 g/mol. The van der Waals surface area contributed by atoms with Crippen LogP contribution in [0, 0.1) is 0 Å². The summed E-state index contributed by atoms with van der Waals surface area (Å²) in [5.41, 5.74) is 7.96. The summed E-state index contributed by atoms with van der Waals surface area (Å²) in [4.78, 5) is 20.2. The second kappa shape index (κ2) is 4.63. The van der Waals surface area contributed by atoms with E-state index in [1.165, 1.54) is 6.20 Å². The molecule has 0 saturated carbocycles. The first kappa shape index (κ1) is 12.1. The number of aromatic nitrogens is 2. The molecule has 1 atom stereocenters. The number of hydrogen-bond donors (Lipinski definition) is 1. The van der Waals surface area contributed by atoms with Crippen molar-refractivity contribution in [3.05, 3.63) is 52.3 Å². The molecule has 1 aromatic heterocycles. The summed E-state index contributed by atoms with van der Waals surface area (Å²) >= 11 is 6.00. The standard InChI is InChI=1S/C14H12ClN3O/c15-10-3-1-2-8(4-10)9-5-12-11(13(19)6-9)7-17-14(16)18-12/h1-4,7,9H,5-6H2,(H2,16,17,18)/t9-/m1/s1. The van der Waals surface area contributed by atoms with E-state index in [9.17, 15) is 4.79 Å². The normalized spacial score (nSPS) is 18.2. The maximum Gasteiger partial charge on any atom is 0.220 e. The van der Waals surface area contributed by atoms with Crippen LogP contribution < -0.4 is 5.73 Å². The van der Waals surface area contributed by atoms with Gasteiger partial charge in [-0.05, 0) is 30.0 Å². The van der Waals surface area contributed by atoms with Crippen LogP contribution in [0.4, 0.5) is 5.95 Å². The molecule has 0 fully saturated rings. The van der Waals surface area contributed by atoms with Gasteiger partial charge in [0.15, 0.2) is 5.78 Å². The Morgan fingerprint density at radius 3 is 2.95 bits per heavy atom. The molecule has 2 N–H and O–H groups in total. The summed E-state index contributed by atoms with van der Waals surface area (Å²) in [6, 6.07) is 7.60. The highest BCUT2D eigenvalue weighted by Gasteiger charge is 2.27. The van der Waals surface area contributed by atoms with Crippen molar-refractivity contribution in [1.29, 1.82) is 0 Å². The van der Waals surface area contributed by atoms with Crippen LogP contribution in [0.3, 0.4) is 0 Å². The van der Waals surface area contributed by atoms with Gasteiger partial charge in [-0.25, -0.2) is 9.97 Å². The predicted molar refractivity (Wildman–Crippen MR) is 73.3 cm³/mol. The number of nitrogen functional groups attached to an aromatic ring is 1. The Morgan fingerprint density at radius 1 is 1.32 bits per heavy atom. The lowest BCUT2D eigenvalue weighted by atomic mass is 9.82. The number of halogens is 1. The molecule has 3 rings (SSSR count). The van der Waals surface area contributed by atoms with Gasteiger partial charge in [0.25, 0.3) is 0 Å². The van der Waals surface area contributed by atoms with Crippen molar-refractivity contribution in [3.63, 3.8) is 0 Å². The first-order chi connectivity index (χ1) is 9.13. The Kier molecular flexibility index (Phi) is 2.95. The van der Waals surface area contributed by atoms with Gasteiger partial charge in [-0.2, -0.15) is 0 Å². The van der Waals surface area contributed by atoms with Crippen molar-refractivity contribution in [1.82, 2.24) is 9.97 Å². The summed E-state index contributed by atoms with van der Waals surface area (Å²) in [7, 11) is 0. The maximum atomic E-state index is 12.1. The lowest BCUT2D eigenvalue weighted by molar-refractivity contribution is 0.0963. The van der Waals surface area contributed by atoms with Crippen LogP contribution in [0.25, 0.3) is 0 Å². The minimum atomic E-state index is 0.0613. The van der Waals surface area contributed by atoms with Crippen molar-refractivity contribution in [2.75, 3.05) is 5.73 Å². The van der Waals surface area contributed by atoms with E-state index >= 15 is 0 Å². The second-order valence-corrected chi connectivity index (χ2v) is 5.11. The van der Waals surface area contributed by atoms with Gasteiger partial charge in [-0.1, -0.05) is 23.7 Å². The summed E-state index contributed by atoms with van der Waals surface area (Å²) in [6.07, 6.45) is 2.67. The van der Waals surface area contributed by atoms with Crippen molar-refractivity contribution >= 4 is 23.3 Å². The van der Waals surface area contributed by atoms with Gasteiger partial charge in [-0.3, -0.25) is 4.79 Å². The van der Waals surface area contributed by atoms with Gasteiger partial charge in [0.1, 0.15) is 0 Å². The number of anilines is 1. The number of fused-ring (bicyclic) bond motifs is 1. The van der Waals surface area contributed by atoms with E-state index in [1.807, 2.05) is 24.3 Å². The molecule has 5 heteroatoms. The minimum absolute atomic E-state index is 0.0613. The Balaban J connectivity index is 1.98. The average molecular weight is 274 g/mol. The Labute approximate surface area is 115 Å². The summed E-state index contributed by atoms with van der Waals surface area (Å²) in [5, 5.41) is 0.679. The van der Waals surface area contributed by atoms with Gasteiger partial charge >= 0.3 is 0 Å². The number of nitrogens with two attached hydrogens (primary N) is 1. The summed E-state index contributed by atoms with van der Waals surface area (Å²) in [6.45, 7) is 0. The molecule has 1 aromatic carbocycles. The SMILES string of the molecule is Nc1ncc2c(n1)C[C@@H](c1cccc(Cl)c1)CC2=O. The van der Waals surface area contributed by atoms with Crippen LogP contribution in [0.5, 0.6) is 0 Å². The topological polar surface area (TPSA) is 68.9 Å². The smallest absolute Gasteiger partial charge is 0.220 e. The van der Waals surface area contributed by atoms with Crippen LogP contribution in [0.1, 0.15) is 34.0 Å². The molecule has 1 heterocycles. The zero-order valence-corrected chi connectivity index (χ0v) is 10.9. The number of ketones is 1. The third kappa shape index (κ3) is 2.31. The van der Waals surface area contributed by atoms with E-state index in [-0.39, 0.29) is 17.6 Å².